The van der Waals surface area contributed by atoms with Crippen molar-refractivity contribution in [1.29, 1.82) is 0 Å². The summed E-state index contributed by atoms with van der Waals surface area (Å²) in [6.45, 7) is 11.6. The summed E-state index contributed by atoms with van der Waals surface area (Å²) in [5.74, 6) is -0.123. The molecule has 3 heteroatoms. The van der Waals surface area contributed by atoms with Gasteiger partial charge in [0.25, 0.3) is 0 Å². The standard InChI is InChI=1S/C8H18Si.C5H10O2/c1-8-6-4-5-7-9(8,2)3;1-3-5(6)7-4-2/h8H,4-7H2,1-3H3;3-4H2,1-2H3. The summed E-state index contributed by atoms with van der Waals surface area (Å²) in [5, 5.41) is 0. The molecule has 0 aromatic heterocycles. The van der Waals surface area contributed by atoms with Crippen molar-refractivity contribution < 1.29 is 9.53 Å². The number of esters is 1. The second-order valence-corrected chi connectivity index (χ2v) is 10.8. The van der Waals surface area contributed by atoms with Crippen LogP contribution in [0.1, 0.15) is 46.5 Å². The lowest BCUT2D eigenvalue weighted by Gasteiger charge is -2.34. The van der Waals surface area contributed by atoms with E-state index >= 15 is 0 Å². The molecule has 1 atom stereocenters. The summed E-state index contributed by atoms with van der Waals surface area (Å²) in [6.07, 6.45) is 5.01. The van der Waals surface area contributed by atoms with Crippen LogP contribution in [0, 0.1) is 0 Å². The van der Waals surface area contributed by atoms with E-state index in [0.717, 1.165) is 5.54 Å². The molecule has 1 aliphatic rings. The van der Waals surface area contributed by atoms with Crippen molar-refractivity contribution in [2.24, 2.45) is 0 Å². The van der Waals surface area contributed by atoms with Gasteiger partial charge < -0.3 is 4.74 Å². The summed E-state index contributed by atoms with van der Waals surface area (Å²) >= 11 is 0. The van der Waals surface area contributed by atoms with Crippen LogP contribution in [-0.2, 0) is 9.53 Å². The summed E-state index contributed by atoms with van der Waals surface area (Å²) in [7, 11) is -0.694. The molecule has 0 aromatic carbocycles. The summed E-state index contributed by atoms with van der Waals surface area (Å²) in [5.41, 5.74) is 1.09. The molecule has 1 aliphatic heterocycles. The normalized spacial score (nSPS) is 22.9. The molecular weight excluding hydrogens is 216 g/mol. The lowest BCUT2D eigenvalue weighted by atomic mass is 10.2. The maximum absolute atomic E-state index is 10.2. The maximum atomic E-state index is 10.2. The summed E-state index contributed by atoms with van der Waals surface area (Å²) in [6, 6.07) is 1.58. The Morgan fingerprint density at radius 1 is 1.31 bits per heavy atom. The molecule has 16 heavy (non-hydrogen) atoms. The Morgan fingerprint density at radius 3 is 2.19 bits per heavy atom. The highest BCUT2D eigenvalue weighted by molar-refractivity contribution is 6.78. The Morgan fingerprint density at radius 2 is 1.94 bits per heavy atom. The number of hydrogen-bond acceptors (Lipinski definition) is 2. The van der Waals surface area contributed by atoms with Gasteiger partial charge in [0.1, 0.15) is 0 Å². The van der Waals surface area contributed by atoms with Gasteiger partial charge in [0.05, 0.1) is 14.7 Å². The predicted octanol–water partition coefficient (Wildman–Crippen LogP) is 4.23. The van der Waals surface area contributed by atoms with Gasteiger partial charge in [-0.2, -0.15) is 0 Å². The molecule has 1 rings (SSSR count). The van der Waals surface area contributed by atoms with Gasteiger partial charge in [0, 0.05) is 6.42 Å². The Balaban J connectivity index is 0.000000293. The van der Waals surface area contributed by atoms with E-state index in [1.165, 1.54) is 19.3 Å². The monoisotopic (exact) mass is 244 g/mol. The minimum absolute atomic E-state index is 0.123. The number of carbonyl (C=O) groups is 1. The molecule has 0 aliphatic carbocycles. The maximum Gasteiger partial charge on any atom is 0.305 e. The fraction of sp³-hybridized carbons (Fsp3) is 0.923. The number of carbonyl (C=O) groups excluding carboxylic acids is 1. The van der Waals surface area contributed by atoms with Crippen LogP contribution in [-0.4, -0.2) is 20.7 Å². The van der Waals surface area contributed by atoms with Gasteiger partial charge in [0.15, 0.2) is 0 Å². The average Bonchev–Trinajstić information content (AvgIpc) is 2.24. The largest absolute Gasteiger partial charge is 0.466 e. The smallest absolute Gasteiger partial charge is 0.305 e. The van der Waals surface area contributed by atoms with Gasteiger partial charge in [-0.25, -0.2) is 0 Å². The SMILES string of the molecule is CC1CCCC[Si]1(C)C.CCOC(=O)CC. The zero-order valence-electron chi connectivity index (χ0n) is 11.6. The Kier molecular flexibility index (Phi) is 7.72. The van der Waals surface area contributed by atoms with E-state index < -0.39 is 8.07 Å². The van der Waals surface area contributed by atoms with Crippen molar-refractivity contribution in [2.45, 2.75) is 71.1 Å². The quantitative estimate of drug-likeness (QED) is 0.537. The minimum atomic E-state index is -0.694. The van der Waals surface area contributed by atoms with Crippen molar-refractivity contribution in [2.75, 3.05) is 6.61 Å². The van der Waals surface area contributed by atoms with Gasteiger partial charge in [-0.3, -0.25) is 4.79 Å². The first kappa shape index (κ1) is 15.7. The topological polar surface area (TPSA) is 26.3 Å². The lowest BCUT2D eigenvalue weighted by Crippen LogP contribution is -2.33. The molecule has 0 amide bonds. The van der Waals surface area contributed by atoms with E-state index in [1.807, 2.05) is 0 Å². The predicted molar refractivity (Wildman–Crippen MR) is 72.5 cm³/mol. The lowest BCUT2D eigenvalue weighted by molar-refractivity contribution is -0.142. The van der Waals surface area contributed by atoms with E-state index in [-0.39, 0.29) is 5.97 Å². The molecule has 0 saturated carbocycles. The Bertz CT molecular complexity index is 202. The fourth-order valence-corrected chi connectivity index (χ4v) is 4.57. The molecule has 1 heterocycles. The molecule has 0 spiro atoms. The molecule has 0 radical (unpaired) electrons. The molecule has 1 saturated heterocycles. The highest BCUT2D eigenvalue weighted by Gasteiger charge is 2.30. The third-order valence-corrected chi connectivity index (χ3v) is 8.24. The van der Waals surface area contributed by atoms with Crippen LogP contribution in [0.25, 0.3) is 0 Å². The van der Waals surface area contributed by atoms with Crippen LogP contribution >= 0.6 is 0 Å². The van der Waals surface area contributed by atoms with Crippen LogP contribution in [0.15, 0.2) is 0 Å². The summed E-state index contributed by atoms with van der Waals surface area (Å²) < 4.78 is 4.55. The molecule has 2 nitrogen and oxygen atoms in total. The third-order valence-electron chi connectivity index (χ3n) is 3.64. The highest BCUT2D eigenvalue weighted by Crippen LogP contribution is 2.36. The van der Waals surface area contributed by atoms with Crippen molar-refractivity contribution in [3.8, 4) is 0 Å². The van der Waals surface area contributed by atoms with E-state index in [4.69, 9.17) is 0 Å². The van der Waals surface area contributed by atoms with Crippen LogP contribution < -0.4 is 0 Å². The third kappa shape index (κ3) is 6.31. The second-order valence-electron chi connectivity index (χ2n) is 5.29. The van der Waals surface area contributed by atoms with Crippen molar-refractivity contribution in [1.82, 2.24) is 0 Å². The van der Waals surface area contributed by atoms with Crippen LogP contribution in [0.5, 0.6) is 0 Å². The number of hydrogen-bond donors (Lipinski definition) is 0. The fourth-order valence-electron chi connectivity index (χ4n) is 1.93. The van der Waals surface area contributed by atoms with Crippen LogP contribution in [0.4, 0.5) is 0 Å². The molecule has 1 unspecified atom stereocenters. The van der Waals surface area contributed by atoms with Crippen molar-refractivity contribution in [3.05, 3.63) is 0 Å². The molecule has 96 valence electrons. The minimum Gasteiger partial charge on any atom is -0.466 e. The van der Waals surface area contributed by atoms with Gasteiger partial charge in [-0.15, -0.1) is 0 Å². The number of rotatable bonds is 2. The number of ether oxygens (including phenoxy) is 1. The van der Waals surface area contributed by atoms with Gasteiger partial charge in [-0.05, 0) is 12.5 Å². The molecule has 1 fully saturated rings. The van der Waals surface area contributed by atoms with E-state index in [2.05, 4.69) is 24.8 Å². The van der Waals surface area contributed by atoms with Gasteiger partial charge in [0.2, 0.25) is 0 Å². The van der Waals surface area contributed by atoms with Crippen molar-refractivity contribution in [3.63, 3.8) is 0 Å². The van der Waals surface area contributed by atoms with Crippen LogP contribution in [0.3, 0.4) is 0 Å². The van der Waals surface area contributed by atoms with Gasteiger partial charge >= 0.3 is 5.97 Å². The van der Waals surface area contributed by atoms with E-state index in [0.29, 0.717) is 13.0 Å². The molecule has 0 N–H and O–H groups in total. The molecule has 0 bridgehead atoms. The van der Waals surface area contributed by atoms with Crippen LogP contribution in [0.2, 0.25) is 24.7 Å². The van der Waals surface area contributed by atoms with Crippen molar-refractivity contribution >= 4 is 14.0 Å². The molecule has 0 aromatic rings. The molecular formula is C13H28O2Si. The highest BCUT2D eigenvalue weighted by atomic mass is 28.3. The second kappa shape index (κ2) is 7.88. The Hall–Kier alpha value is -0.313. The summed E-state index contributed by atoms with van der Waals surface area (Å²) in [4.78, 5) is 10.2. The van der Waals surface area contributed by atoms with Gasteiger partial charge in [-0.1, -0.05) is 52.2 Å². The average molecular weight is 244 g/mol. The first-order valence-electron chi connectivity index (χ1n) is 6.59. The zero-order valence-corrected chi connectivity index (χ0v) is 12.6. The first-order valence-corrected chi connectivity index (χ1v) is 9.88. The van der Waals surface area contributed by atoms with E-state index in [9.17, 15) is 4.79 Å². The van der Waals surface area contributed by atoms with E-state index in [1.54, 1.807) is 19.9 Å². The first-order chi connectivity index (χ1) is 7.44. The zero-order chi connectivity index (χ0) is 12.6. The Labute approximate surface area is 102 Å².